The van der Waals surface area contributed by atoms with Crippen molar-refractivity contribution in [1.82, 2.24) is 19.7 Å². The van der Waals surface area contributed by atoms with Gasteiger partial charge < -0.3 is 10.0 Å². The first-order valence-electron chi connectivity index (χ1n) is 7.43. The summed E-state index contributed by atoms with van der Waals surface area (Å²) in [7, 11) is 1.94. The van der Waals surface area contributed by atoms with E-state index in [9.17, 15) is 0 Å². The highest BCUT2D eigenvalue weighted by Crippen LogP contribution is 2.28. The Morgan fingerprint density at radius 3 is 2.90 bits per heavy atom. The van der Waals surface area contributed by atoms with E-state index in [1.807, 2.05) is 17.8 Å². The van der Waals surface area contributed by atoms with Gasteiger partial charge in [0.2, 0.25) is 5.95 Å². The van der Waals surface area contributed by atoms with E-state index < -0.39 is 0 Å². The minimum atomic E-state index is 0.160. The molecule has 1 saturated heterocycles. The molecule has 1 fully saturated rings. The van der Waals surface area contributed by atoms with Crippen LogP contribution in [-0.2, 0) is 13.5 Å². The third-order valence-electron chi connectivity index (χ3n) is 4.04. The maximum atomic E-state index is 9.09. The van der Waals surface area contributed by atoms with Gasteiger partial charge in [-0.2, -0.15) is 5.10 Å². The van der Waals surface area contributed by atoms with E-state index in [4.69, 9.17) is 5.11 Å². The summed E-state index contributed by atoms with van der Waals surface area (Å²) < 4.78 is 1.88. The molecular formula is C15H21N5O. The van der Waals surface area contributed by atoms with Crippen LogP contribution in [0.5, 0.6) is 0 Å². The molecule has 1 aliphatic heterocycles. The third-order valence-corrected chi connectivity index (χ3v) is 4.04. The van der Waals surface area contributed by atoms with Crippen LogP contribution in [0.25, 0.3) is 0 Å². The number of aliphatic hydroxyl groups excluding tert-OH is 1. The van der Waals surface area contributed by atoms with Gasteiger partial charge in [-0.05, 0) is 25.0 Å². The van der Waals surface area contributed by atoms with Crippen LogP contribution in [0.3, 0.4) is 0 Å². The molecule has 3 heterocycles. The van der Waals surface area contributed by atoms with Crippen molar-refractivity contribution in [2.75, 3.05) is 24.6 Å². The molecule has 0 bridgehead atoms. The molecule has 3 rings (SSSR count). The van der Waals surface area contributed by atoms with Crippen molar-refractivity contribution in [3.8, 4) is 0 Å². The highest BCUT2D eigenvalue weighted by molar-refractivity contribution is 5.31. The Bertz CT molecular complexity index is 583. The number of hydrogen-bond donors (Lipinski definition) is 1. The second-order valence-electron chi connectivity index (χ2n) is 5.49. The summed E-state index contributed by atoms with van der Waals surface area (Å²) >= 11 is 0. The maximum absolute atomic E-state index is 9.09. The number of rotatable bonds is 4. The zero-order valence-electron chi connectivity index (χ0n) is 12.3. The number of piperidine rings is 1. The lowest BCUT2D eigenvalue weighted by molar-refractivity contribution is 0.296. The quantitative estimate of drug-likeness (QED) is 0.913. The highest BCUT2D eigenvalue weighted by atomic mass is 16.3. The molecule has 6 heteroatoms. The highest BCUT2D eigenvalue weighted by Gasteiger charge is 2.25. The Balaban J connectivity index is 1.75. The van der Waals surface area contributed by atoms with Crippen LogP contribution in [-0.4, -0.2) is 44.6 Å². The van der Waals surface area contributed by atoms with E-state index in [1.165, 1.54) is 0 Å². The van der Waals surface area contributed by atoms with Crippen LogP contribution in [0.15, 0.2) is 24.5 Å². The molecule has 1 atom stereocenters. The molecule has 0 unspecified atom stereocenters. The molecular weight excluding hydrogens is 266 g/mol. The van der Waals surface area contributed by atoms with Crippen molar-refractivity contribution in [3.05, 3.63) is 35.9 Å². The molecule has 0 aliphatic carbocycles. The molecule has 0 amide bonds. The second kappa shape index (κ2) is 6.22. The molecule has 2 aromatic heterocycles. The van der Waals surface area contributed by atoms with E-state index >= 15 is 0 Å². The average molecular weight is 287 g/mol. The average Bonchev–Trinajstić information content (AvgIpc) is 2.90. The number of aliphatic hydroxyl groups is 1. The van der Waals surface area contributed by atoms with Gasteiger partial charge >= 0.3 is 0 Å². The number of hydrogen-bond acceptors (Lipinski definition) is 5. The predicted molar refractivity (Wildman–Crippen MR) is 80.2 cm³/mol. The van der Waals surface area contributed by atoms with Gasteiger partial charge in [-0.3, -0.25) is 4.68 Å². The van der Waals surface area contributed by atoms with Crippen LogP contribution in [0.1, 0.15) is 30.1 Å². The number of anilines is 1. The lowest BCUT2D eigenvalue weighted by atomic mass is 9.95. The fourth-order valence-corrected chi connectivity index (χ4v) is 2.93. The van der Waals surface area contributed by atoms with Crippen molar-refractivity contribution < 1.29 is 5.11 Å². The van der Waals surface area contributed by atoms with Gasteiger partial charge in [0, 0.05) is 57.2 Å². The Morgan fingerprint density at radius 2 is 2.14 bits per heavy atom. The van der Waals surface area contributed by atoms with Crippen LogP contribution < -0.4 is 4.90 Å². The molecule has 1 aliphatic rings. The predicted octanol–water partition coefficient (Wildman–Crippen LogP) is 1.13. The van der Waals surface area contributed by atoms with Crippen LogP contribution in [0, 0.1) is 0 Å². The molecule has 6 nitrogen and oxygen atoms in total. The largest absolute Gasteiger partial charge is 0.396 e. The van der Waals surface area contributed by atoms with Crippen molar-refractivity contribution in [3.63, 3.8) is 0 Å². The van der Waals surface area contributed by atoms with E-state index in [2.05, 4.69) is 26.0 Å². The first-order chi connectivity index (χ1) is 10.3. The van der Waals surface area contributed by atoms with Crippen molar-refractivity contribution >= 4 is 5.95 Å². The summed E-state index contributed by atoms with van der Waals surface area (Å²) in [5.74, 6) is 1.20. The first-order valence-corrected chi connectivity index (χ1v) is 7.43. The maximum Gasteiger partial charge on any atom is 0.225 e. The molecule has 0 spiro atoms. The van der Waals surface area contributed by atoms with Gasteiger partial charge in [0.15, 0.2) is 0 Å². The molecule has 112 valence electrons. The van der Waals surface area contributed by atoms with Gasteiger partial charge in [0.1, 0.15) is 0 Å². The van der Waals surface area contributed by atoms with E-state index in [-0.39, 0.29) is 6.61 Å². The third kappa shape index (κ3) is 3.05. The molecule has 1 N–H and O–H groups in total. The standard InChI is InChI=1S/C15H21N5O/c1-19-13(5-9-21)10-14(18-19)12-4-2-8-20(11-12)15-16-6-3-7-17-15/h3,6-7,10,12,21H,2,4-5,8-9,11H2,1H3/t12-/m0/s1. The number of aromatic nitrogens is 4. The van der Waals surface area contributed by atoms with Crippen molar-refractivity contribution in [2.24, 2.45) is 7.05 Å². The first kappa shape index (κ1) is 14.0. The number of aryl methyl sites for hydroxylation is 1. The monoisotopic (exact) mass is 287 g/mol. The fraction of sp³-hybridized carbons (Fsp3) is 0.533. The fourth-order valence-electron chi connectivity index (χ4n) is 2.93. The summed E-state index contributed by atoms with van der Waals surface area (Å²) in [5.41, 5.74) is 2.20. The van der Waals surface area contributed by atoms with Crippen LogP contribution in [0.2, 0.25) is 0 Å². The minimum absolute atomic E-state index is 0.160. The topological polar surface area (TPSA) is 67.1 Å². The van der Waals surface area contributed by atoms with Crippen LogP contribution in [0.4, 0.5) is 5.95 Å². The van der Waals surface area contributed by atoms with Crippen LogP contribution >= 0.6 is 0 Å². The lowest BCUT2D eigenvalue weighted by Gasteiger charge is -2.31. The van der Waals surface area contributed by atoms with Gasteiger partial charge in [0.05, 0.1) is 5.69 Å². The normalized spacial score (nSPS) is 19.0. The minimum Gasteiger partial charge on any atom is -0.396 e. The SMILES string of the molecule is Cn1nc([C@H]2CCCN(c3ncccn3)C2)cc1CCO. The molecule has 0 saturated carbocycles. The van der Waals surface area contributed by atoms with E-state index in [0.717, 1.165) is 43.3 Å². The van der Waals surface area contributed by atoms with Crippen molar-refractivity contribution in [1.29, 1.82) is 0 Å². The van der Waals surface area contributed by atoms with E-state index in [0.29, 0.717) is 12.3 Å². The second-order valence-corrected chi connectivity index (χ2v) is 5.49. The summed E-state index contributed by atoms with van der Waals surface area (Å²) in [6, 6.07) is 3.96. The summed E-state index contributed by atoms with van der Waals surface area (Å²) in [5, 5.41) is 13.7. The zero-order valence-corrected chi connectivity index (χ0v) is 12.3. The zero-order chi connectivity index (χ0) is 14.7. The molecule has 0 radical (unpaired) electrons. The molecule has 2 aromatic rings. The van der Waals surface area contributed by atoms with Gasteiger partial charge in [-0.15, -0.1) is 0 Å². The Kier molecular flexibility index (Phi) is 4.15. The van der Waals surface area contributed by atoms with Gasteiger partial charge in [-0.1, -0.05) is 0 Å². The summed E-state index contributed by atoms with van der Waals surface area (Å²) in [6.45, 7) is 2.06. The summed E-state index contributed by atoms with van der Waals surface area (Å²) in [6.07, 6.45) is 6.48. The van der Waals surface area contributed by atoms with E-state index in [1.54, 1.807) is 12.4 Å². The Morgan fingerprint density at radius 1 is 1.33 bits per heavy atom. The number of nitrogens with zero attached hydrogens (tertiary/aromatic N) is 5. The lowest BCUT2D eigenvalue weighted by Crippen LogP contribution is -2.35. The molecule has 21 heavy (non-hydrogen) atoms. The summed E-state index contributed by atoms with van der Waals surface area (Å²) in [4.78, 5) is 10.9. The van der Waals surface area contributed by atoms with Gasteiger partial charge in [-0.25, -0.2) is 9.97 Å². The van der Waals surface area contributed by atoms with Crippen molar-refractivity contribution in [2.45, 2.75) is 25.2 Å². The Labute approximate surface area is 124 Å². The van der Waals surface area contributed by atoms with Gasteiger partial charge in [0.25, 0.3) is 0 Å². The molecule has 0 aromatic carbocycles. The Hall–Kier alpha value is -1.95. The smallest absolute Gasteiger partial charge is 0.225 e.